The van der Waals surface area contributed by atoms with Crippen molar-refractivity contribution in [2.45, 2.75) is 59.5 Å². The topological polar surface area (TPSA) is 56.8 Å². The first-order chi connectivity index (χ1) is 17.5. The number of halogens is 2. The average Bonchev–Trinajstić information content (AvgIpc) is 2.86. The van der Waals surface area contributed by atoms with E-state index in [4.69, 9.17) is 16.6 Å². The number of nitrogens with zero attached hydrogens (tertiary/aromatic N) is 4. The van der Waals surface area contributed by atoms with Gasteiger partial charge in [0, 0.05) is 74.0 Å². The highest BCUT2D eigenvalue weighted by molar-refractivity contribution is 14.1. The molecule has 2 fully saturated rings. The normalized spacial score (nSPS) is 19.8. The highest BCUT2D eigenvalue weighted by Crippen LogP contribution is 2.31. The van der Waals surface area contributed by atoms with Gasteiger partial charge in [0.15, 0.2) is 0 Å². The summed E-state index contributed by atoms with van der Waals surface area (Å²) in [4.78, 5) is 36.3. The van der Waals surface area contributed by atoms with Gasteiger partial charge in [-0.3, -0.25) is 19.5 Å². The first kappa shape index (κ1) is 28.3. The minimum Gasteiger partial charge on any atom is -0.343 e. The Bertz CT molecular complexity index is 1110. The Labute approximate surface area is 239 Å². The van der Waals surface area contributed by atoms with Crippen LogP contribution < -0.4 is 0 Å². The molecular formula is C29H38ClIN4O2. The molecule has 4 rings (SSSR count). The van der Waals surface area contributed by atoms with Crippen molar-refractivity contribution in [3.05, 3.63) is 50.8 Å². The maximum atomic E-state index is 13.4. The fourth-order valence-corrected chi connectivity index (χ4v) is 6.07. The van der Waals surface area contributed by atoms with Crippen LogP contribution in [-0.2, 0) is 16.1 Å². The van der Waals surface area contributed by atoms with E-state index in [0.29, 0.717) is 12.3 Å². The third-order valence-electron chi connectivity index (χ3n) is 7.77. The molecule has 2 aromatic rings. The Morgan fingerprint density at radius 2 is 1.76 bits per heavy atom. The SMILES string of the molecule is CC(=O)N1CCC(CC(=O)N2CCN(Cc3ccc(-c4ccc(Cl)c(I)c4)cn3)C[C@@H]2C(C)(C)C)CC1. The van der Waals surface area contributed by atoms with Crippen LogP contribution in [0.2, 0.25) is 5.02 Å². The molecule has 0 unspecified atom stereocenters. The molecule has 0 saturated carbocycles. The lowest BCUT2D eigenvalue weighted by molar-refractivity contribution is -0.141. The van der Waals surface area contributed by atoms with Crippen molar-refractivity contribution >= 4 is 46.0 Å². The third kappa shape index (κ3) is 7.24. The molecular weight excluding hydrogens is 599 g/mol. The van der Waals surface area contributed by atoms with Crippen LogP contribution in [0, 0.1) is 14.9 Å². The van der Waals surface area contributed by atoms with Crippen LogP contribution in [0.15, 0.2) is 36.5 Å². The summed E-state index contributed by atoms with van der Waals surface area (Å²) >= 11 is 8.42. The van der Waals surface area contributed by atoms with Crippen molar-refractivity contribution in [1.29, 1.82) is 0 Å². The number of likely N-dealkylation sites (tertiary alicyclic amines) is 1. The largest absolute Gasteiger partial charge is 0.343 e. The van der Waals surface area contributed by atoms with Gasteiger partial charge in [-0.1, -0.05) is 44.5 Å². The minimum absolute atomic E-state index is 0.0185. The van der Waals surface area contributed by atoms with Gasteiger partial charge in [-0.05, 0) is 70.5 Å². The van der Waals surface area contributed by atoms with E-state index in [1.807, 2.05) is 23.2 Å². The van der Waals surface area contributed by atoms with Gasteiger partial charge in [-0.15, -0.1) is 0 Å². The van der Waals surface area contributed by atoms with Gasteiger partial charge in [0.2, 0.25) is 11.8 Å². The Morgan fingerprint density at radius 1 is 1.05 bits per heavy atom. The Morgan fingerprint density at radius 3 is 2.35 bits per heavy atom. The van der Waals surface area contributed by atoms with E-state index in [1.54, 1.807) is 6.92 Å². The molecule has 2 aliphatic rings. The molecule has 6 nitrogen and oxygen atoms in total. The third-order valence-corrected chi connectivity index (χ3v) is 9.31. The summed E-state index contributed by atoms with van der Waals surface area (Å²) in [5, 5.41) is 0.762. The standard InChI is InChI=1S/C29H38ClIN4O2/c1-20(36)34-11-9-21(10-12-34)15-28(37)35-14-13-33(19-27(35)29(2,3)4)18-24-7-5-23(17-32-24)22-6-8-25(30)26(31)16-22/h5-8,16-17,21,27H,9-15,18-19H2,1-4H3/t27-/m1/s1. The van der Waals surface area contributed by atoms with Crippen molar-refractivity contribution in [3.63, 3.8) is 0 Å². The molecule has 0 aliphatic carbocycles. The second-order valence-electron chi connectivity index (χ2n) is 11.5. The molecule has 0 bridgehead atoms. The summed E-state index contributed by atoms with van der Waals surface area (Å²) in [6, 6.07) is 10.4. The smallest absolute Gasteiger partial charge is 0.223 e. The number of pyridine rings is 1. The first-order valence-corrected chi connectivity index (χ1v) is 14.6. The summed E-state index contributed by atoms with van der Waals surface area (Å²) in [5.74, 6) is 0.770. The predicted molar refractivity (Wildman–Crippen MR) is 157 cm³/mol. The molecule has 1 atom stereocenters. The number of carbonyl (C=O) groups is 2. The van der Waals surface area contributed by atoms with Crippen LogP contribution in [0.25, 0.3) is 11.1 Å². The van der Waals surface area contributed by atoms with Crippen LogP contribution in [-0.4, -0.2) is 70.3 Å². The van der Waals surface area contributed by atoms with Crippen LogP contribution in [0.1, 0.15) is 52.7 Å². The van der Waals surface area contributed by atoms with Crippen molar-refractivity contribution in [1.82, 2.24) is 19.7 Å². The van der Waals surface area contributed by atoms with E-state index in [1.165, 1.54) is 0 Å². The fraction of sp³-hybridized carbons (Fsp3) is 0.552. The first-order valence-electron chi connectivity index (χ1n) is 13.2. The summed E-state index contributed by atoms with van der Waals surface area (Å²) in [6.07, 6.45) is 4.36. The van der Waals surface area contributed by atoms with Crippen molar-refractivity contribution in [3.8, 4) is 11.1 Å². The van der Waals surface area contributed by atoms with Gasteiger partial charge in [0.05, 0.1) is 10.7 Å². The average molecular weight is 637 g/mol. The molecule has 3 heterocycles. The summed E-state index contributed by atoms with van der Waals surface area (Å²) < 4.78 is 1.03. The number of benzene rings is 1. The number of hydrogen-bond donors (Lipinski definition) is 0. The van der Waals surface area contributed by atoms with E-state index in [2.05, 4.69) is 71.4 Å². The molecule has 1 aromatic carbocycles. The molecule has 0 spiro atoms. The van der Waals surface area contributed by atoms with Gasteiger partial charge in [-0.2, -0.15) is 0 Å². The number of aromatic nitrogens is 1. The zero-order valence-electron chi connectivity index (χ0n) is 22.3. The van der Waals surface area contributed by atoms with Crippen molar-refractivity contribution in [2.24, 2.45) is 11.3 Å². The number of hydrogen-bond acceptors (Lipinski definition) is 4. The molecule has 8 heteroatoms. The van der Waals surface area contributed by atoms with E-state index >= 15 is 0 Å². The predicted octanol–water partition coefficient (Wildman–Crippen LogP) is 5.71. The zero-order valence-corrected chi connectivity index (χ0v) is 25.3. The van der Waals surface area contributed by atoms with Gasteiger partial charge >= 0.3 is 0 Å². The van der Waals surface area contributed by atoms with Crippen LogP contribution >= 0.6 is 34.2 Å². The van der Waals surface area contributed by atoms with Crippen molar-refractivity contribution in [2.75, 3.05) is 32.7 Å². The second kappa shape index (κ2) is 12.0. The van der Waals surface area contributed by atoms with Crippen LogP contribution in [0.3, 0.4) is 0 Å². The molecule has 0 N–H and O–H groups in total. The van der Waals surface area contributed by atoms with E-state index in [-0.39, 0.29) is 23.3 Å². The van der Waals surface area contributed by atoms with E-state index in [0.717, 1.165) is 77.5 Å². The minimum atomic E-state index is -0.0185. The molecule has 0 radical (unpaired) electrons. The molecule has 37 heavy (non-hydrogen) atoms. The number of piperidine rings is 1. The Hall–Kier alpha value is -1.71. The summed E-state index contributed by atoms with van der Waals surface area (Å²) in [7, 11) is 0. The second-order valence-corrected chi connectivity index (χ2v) is 13.1. The molecule has 200 valence electrons. The monoisotopic (exact) mass is 636 g/mol. The number of amides is 2. The van der Waals surface area contributed by atoms with Gasteiger partial charge in [0.25, 0.3) is 0 Å². The molecule has 2 amide bonds. The van der Waals surface area contributed by atoms with Gasteiger partial charge in [0.1, 0.15) is 0 Å². The zero-order chi connectivity index (χ0) is 26.7. The lowest BCUT2D eigenvalue weighted by Gasteiger charge is -2.47. The highest BCUT2D eigenvalue weighted by Gasteiger charge is 2.38. The Balaban J connectivity index is 1.36. The highest BCUT2D eigenvalue weighted by atomic mass is 127. The number of piperazine rings is 1. The molecule has 1 aromatic heterocycles. The van der Waals surface area contributed by atoms with E-state index < -0.39 is 0 Å². The van der Waals surface area contributed by atoms with E-state index in [9.17, 15) is 9.59 Å². The lowest BCUT2D eigenvalue weighted by Crippen LogP contribution is -2.59. The van der Waals surface area contributed by atoms with Gasteiger partial charge in [-0.25, -0.2) is 0 Å². The van der Waals surface area contributed by atoms with Gasteiger partial charge < -0.3 is 9.80 Å². The van der Waals surface area contributed by atoms with Crippen LogP contribution in [0.5, 0.6) is 0 Å². The summed E-state index contributed by atoms with van der Waals surface area (Å²) in [5.41, 5.74) is 3.21. The van der Waals surface area contributed by atoms with Crippen LogP contribution in [0.4, 0.5) is 0 Å². The Kier molecular flexibility index (Phi) is 9.17. The number of rotatable bonds is 5. The lowest BCUT2D eigenvalue weighted by atomic mass is 9.83. The molecule has 2 aliphatic heterocycles. The van der Waals surface area contributed by atoms with Crippen molar-refractivity contribution < 1.29 is 9.59 Å². The fourth-order valence-electron chi connectivity index (χ4n) is 5.43. The maximum absolute atomic E-state index is 13.4. The maximum Gasteiger partial charge on any atom is 0.223 e. The quantitative estimate of drug-likeness (QED) is 0.395. The summed E-state index contributed by atoms with van der Waals surface area (Å²) in [6.45, 7) is 13.1. The molecule has 2 saturated heterocycles. The number of carbonyl (C=O) groups excluding carboxylic acids is 2.